The van der Waals surface area contributed by atoms with Crippen LogP contribution in [0.2, 0.25) is 0 Å². The summed E-state index contributed by atoms with van der Waals surface area (Å²) in [4.78, 5) is 10.7. The van der Waals surface area contributed by atoms with Gasteiger partial charge in [0.05, 0.1) is 0 Å². The molecule has 94 valence electrons. The molecule has 2 unspecified atom stereocenters. The first-order valence-corrected chi connectivity index (χ1v) is 7.04. The van der Waals surface area contributed by atoms with E-state index in [-0.39, 0.29) is 0 Å². The molecule has 0 bridgehead atoms. The van der Waals surface area contributed by atoms with Gasteiger partial charge in [0.25, 0.3) is 0 Å². The average molecular weight is 232 g/mol. The summed E-state index contributed by atoms with van der Waals surface area (Å²) in [5.41, 5.74) is 2.68. The van der Waals surface area contributed by atoms with Crippen LogP contribution >= 0.6 is 0 Å². The van der Waals surface area contributed by atoms with E-state index in [0.717, 1.165) is 42.5 Å². The molecule has 2 aliphatic rings. The fourth-order valence-electron chi connectivity index (χ4n) is 3.15. The molecule has 0 aromatic carbocycles. The molecule has 0 saturated carbocycles. The molecule has 0 N–H and O–H groups in total. The van der Waals surface area contributed by atoms with Crippen molar-refractivity contribution in [3.63, 3.8) is 0 Å². The van der Waals surface area contributed by atoms with Gasteiger partial charge in [0.2, 0.25) is 0 Å². The maximum atomic E-state index is 10.7. The minimum absolute atomic E-state index is 0.729. The fourth-order valence-corrected chi connectivity index (χ4v) is 3.15. The molecule has 0 aliphatic heterocycles. The van der Waals surface area contributed by atoms with E-state index in [4.69, 9.17) is 0 Å². The lowest BCUT2D eigenvalue weighted by atomic mass is 9.75. The third kappa shape index (κ3) is 3.08. The molecule has 2 aliphatic carbocycles. The van der Waals surface area contributed by atoms with Crippen LogP contribution in [-0.2, 0) is 4.79 Å². The Morgan fingerprint density at radius 1 is 1.18 bits per heavy atom. The number of hydrogen-bond acceptors (Lipinski definition) is 1. The second kappa shape index (κ2) is 5.66. The lowest BCUT2D eigenvalue weighted by Gasteiger charge is -2.30. The van der Waals surface area contributed by atoms with E-state index in [1.54, 1.807) is 5.57 Å². The van der Waals surface area contributed by atoms with Crippen molar-refractivity contribution in [1.82, 2.24) is 0 Å². The predicted octanol–water partition coefficient (Wildman–Crippen LogP) is 4.29. The van der Waals surface area contributed by atoms with Crippen LogP contribution in [0.3, 0.4) is 0 Å². The molecule has 0 spiro atoms. The Bertz CT molecular complexity index is 335. The third-order valence-corrected chi connectivity index (χ3v) is 4.55. The Morgan fingerprint density at radius 2 is 2.00 bits per heavy atom. The van der Waals surface area contributed by atoms with E-state index in [1.807, 2.05) is 0 Å². The SMILES string of the molecule is CC(C)C1CC=C(C2CC=C(C=O)CC2)CC1. The second-order valence-electron chi connectivity index (χ2n) is 5.93. The summed E-state index contributed by atoms with van der Waals surface area (Å²) in [6.07, 6.45) is 12.9. The average Bonchev–Trinajstić information content (AvgIpc) is 2.39. The number of carbonyl (C=O) groups excluding carboxylic acids is 1. The molecule has 0 radical (unpaired) electrons. The van der Waals surface area contributed by atoms with E-state index in [9.17, 15) is 4.79 Å². The molecule has 0 aromatic heterocycles. The van der Waals surface area contributed by atoms with Crippen LogP contribution in [0.15, 0.2) is 23.3 Å². The van der Waals surface area contributed by atoms with Gasteiger partial charge in [-0.25, -0.2) is 0 Å². The molecular weight excluding hydrogens is 208 g/mol. The van der Waals surface area contributed by atoms with Gasteiger partial charge in [0.15, 0.2) is 0 Å². The monoisotopic (exact) mass is 232 g/mol. The Kier molecular flexibility index (Phi) is 4.20. The van der Waals surface area contributed by atoms with E-state index in [0.29, 0.717) is 0 Å². The molecule has 0 aromatic rings. The summed E-state index contributed by atoms with van der Waals surface area (Å²) in [5.74, 6) is 2.44. The molecule has 2 rings (SSSR count). The highest BCUT2D eigenvalue weighted by molar-refractivity contribution is 5.73. The first kappa shape index (κ1) is 12.6. The quantitative estimate of drug-likeness (QED) is 0.524. The number of allylic oxidation sites excluding steroid dienone is 4. The van der Waals surface area contributed by atoms with Gasteiger partial charge in [0, 0.05) is 0 Å². The zero-order valence-corrected chi connectivity index (χ0v) is 11.1. The molecule has 1 heteroatoms. The summed E-state index contributed by atoms with van der Waals surface area (Å²) in [7, 11) is 0. The highest BCUT2D eigenvalue weighted by Crippen LogP contribution is 2.37. The molecule has 1 nitrogen and oxygen atoms in total. The topological polar surface area (TPSA) is 17.1 Å². The van der Waals surface area contributed by atoms with Crippen molar-refractivity contribution in [3.05, 3.63) is 23.3 Å². The molecular formula is C16H24O. The van der Waals surface area contributed by atoms with Crippen LogP contribution in [0.25, 0.3) is 0 Å². The van der Waals surface area contributed by atoms with E-state index in [1.165, 1.54) is 25.7 Å². The Hall–Kier alpha value is -0.850. The smallest absolute Gasteiger partial charge is 0.145 e. The van der Waals surface area contributed by atoms with Gasteiger partial charge in [0.1, 0.15) is 6.29 Å². The fraction of sp³-hybridized carbons (Fsp3) is 0.688. The van der Waals surface area contributed by atoms with Crippen molar-refractivity contribution < 1.29 is 4.79 Å². The number of rotatable bonds is 3. The summed E-state index contributed by atoms with van der Waals surface area (Å²) >= 11 is 0. The van der Waals surface area contributed by atoms with Crippen LogP contribution < -0.4 is 0 Å². The zero-order chi connectivity index (χ0) is 12.3. The number of aldehydes is 1. The van der Waals surface area contributed by atoms with Crippen molar-refractivity contribution in [2.45, 2.75) is 52.4 Å². The highest BCUT2D eigenvalue weighted by Gasteiger charge is 2.23. The summed E-state index contributed by atoms with van der Waals surface area (Å²) in [5, 5.41) is 0. The lowest BCUT2D eigenvalue weighted by molar-refractivity contribution is -0.105. The number of hydrogen-bond donors (Lipinski definition) is 0. The zero-order valence-electron chi connectivity index (χ0n) is 11.1. The minimum Gasteiger partial charge on any atom is -0.298 e. The predicted molar refractivity (Wildman–Crippen MR) is 71.8 cm³/mol. The van der Waals surface area contributed by atoms with Crippen LogP contribution in [-0.4, -0.2) is 6.29 Å². The van der Waals surface area contributed by atoms with E-state index < -0.39 is 0 Å². The van der Waals surface area contributed by atoms with Crippen LogP contribution in [0.1, 0.15) is 52.4 Å². The summed E-state index contributed by atoms with van der Waals surface area (Å²) in [6, 6.07) is 0. The minimum atomic E-state index is 0.729. The van der Waals surface area contributed by atoms with E-state index in [2.05, 4.69) is 26.0 Å². The maximum Gasteiger partial charge on any atom is 0.145 e. The highest BCUT2D eigenvalue weighted by atomic mass is 16.1. The largest absolute Gasteiger partial charge is 0.298 e. The Balaban J connectivity index is 1.93. The van der Waals surface area contributed by atoms with Gasteiger partial charge in [-0.15, -0.1) is 0 Å². The Morgan fingerprint density at radius 3 is 2.47 bits per heavy atom. The first-order valence-electron chi connectivity index (χ1n) is 7.04. The van der Waals surface area contributed by atoms with Crippen molar-refractivity contribution in [3.8, 4) is 0 Å². The normalized spacial score (nSPS) is 29.8. The van der Waals surface area contributed by atoms with Crippen LogP contribution in [0.4, 0.5) is 0 Å². The van der Waals surface area contributed by atoms with Gasteiger partial charge in [-0.2, -0.15) is 0 Å². The molecule has 0 amide bonds. The van der Waals surface area contributed by atoms with Gasteiger partial charge in [-0.1, -0.05) is 31.6 Å². The van der Waals surface area contributed by atoms with Gasteiger partial charge in [-0.05, 0) is 61.9 Å². The van der Waals surface area contributed by atoms with Gasteiger partial charge < -0.3 is 0 Å². The van der Waals surface area contributed by atoms with Gasteiger partial charge >= 0.3 is 0 Å². The molecule has 0 heterocycles. The van der Waals surface area contributed by atoms with Gasteiger partial charge in [-0.3, -0.25) is 4.79 Å². The second-order valence-corrected chi connectivity index (χ2v) is 5.93. The summed E-state index contributed by atoms with van der Waals surface area (Å²) in [6.45, 7) is 4.67. The van der Waals surface area contributed by atoms with Crippen molar-refractivity contribution in [2.24, 2.45) is 17.8 Å². The number of carbonyl (C=O) groups is 1. The molecule has 0 fully saturated rings. The molecule has 2 atom stereocenters. The summed E-state index contributed by atoms with van der Waals surface area (Å²) < 4.78 is 0. The first-order chi connectivity index (χ1) is 8.20. The van der Waals surface area contributed by atoms with Crippen molar-refractivity contribution >= 4 is 6.29 Å². The third-order valence-electron chi connectivity index (χ3n) is 4.55. The van der Waals surface area contributed by atoms with Crippen LogP contribution in [0, 0.1) is 17.8 Å². The Labute approximate surface area is 105 Å². The maximum absolute atomic E-state index is 10.7. The molecule has 17 heavy (non-hydrogen) atoms. The molecule has 0 saturated heterocycles. The standard InChI is InChI=1S/C16H24O/c1-12(2)14-7-9-16(10-8-14)15-5-3-13(11-17)4-6-15/h3,9,11-12,14-15H,4-8,10H2,1-2H3. The van der Waals surface area contributed by atoms with Crippen molar-refractivity contribution in [2.75, 3.05) is 0 Å². The van der Waals surface area contributed by atoms with Crippen LogP contribution in [0.5, 0.6) is 0 Å². The lowest BCUT2D eigenvalue weighted by Crippen LogP contribution is -2.17. The van der Waals surface area contributed by atoms with E-state index >= 15 is 0 Å². The van der Waals surface area contributed by atoms with Crippen molar-refractivity contribution in [1.29, 1.82) is 0 Å².